The Hall–Kier alpha value is -3.01. The number of benzene rings is 2. The molecule has 0 unspecified atom stereocenters. The molecule has 0 amide bonds. The van der Waals surface area contributed by atoms with Crippen LogP contribution >= 0.6 is 0 Å². The molecule has 0 fully saturated rings. The van der Waals surface area contributed by atoms with Crippen molar-refractivity contribution in [3.63, 3.8) is 0 Å². The third-order valence-electron chi connectivity index (χ3n) is 3.87. The number of carbonyl (C=O) groups is 2. The van der Waals surface area contributed by atoms with Crippen molar-refractivity contribution >= 4 is 22.8 Å². The molecule has 0 saturated carbocycles. The second kappa shape index (κ2) is 6.24. The van der Waals surface area contributed by atoms with Crippen LogP contribution in [0, 0.1) is 20.8 Å². The van der Waals surface area contributed by atoms with Gasteiger partial charge in [-0.2, -0.15) is 0 Å². The van der Waals surface area contributed by atoms with Gasteiger partial charge in [0.05, 0.1) is 11.1 Å². The zero-order valence-electron chi connectivity index (χ0n) is 13.8. The topological polar surface area (TPSA) is 56.3 Å². The molecule has 1 aromatic heterocycles. The van der Waals surface area contributed by atoms with E-state index in [-0.39, 0.29) is 5.69 Å². The molecule has 4 heteroatoms. The van der Waals surface area contributed by atoms with Crippen molar-refractivity contribution in [3.8, 4) is 0 Å². The summed E-state index contributed by atoms with van der Waals surface area (Å²) < 4.78 is 5.03. The standard InChI is InChI=1S/C20H17NO3/c1-12-10-13(2)18(14(3)11-12)20(23)24-19(22)17-9-8-15-6-4-5-7-16(15)21-17/h4-11H,1-3H3. The number of aryl methyl sites for hydroxylation is 3. The Kier molecular flexibility index (Phi) is 4.13. The number of fused-ring (bicyclic) bond motifs is 1. The van der Waals surface area contributed by atoms with E-state index >= 15 is 0 Å². The lowest BCUT2D eigenvalue weighted by Gasteiger charge is -2.10. The summed E-state index contributed by atoms with van der Waals surface area (Å²) in [5.74, 6) is -1.39. The van der Waals surface area contributed by atoms with Gasteiger partial charge in [0, 0.05) is 5.39 Å². The number of hydrogen-bond acceptors (Lipinski definition) is 4. The van der Waals surface area contributed by atoms with E-state index in [1.54, 1.807) is 12.1 Å². The van der Waals surface area contributed by atoms with Gasteiger partial charge in [0.25, 0.3) is 0 Å². The lowest BCUT2D eigenvalue weighted by Crippen LogP contribution is -2.16. The normalized spacial score (nSPS) is 10.6. The lowest BCUT2D eigenvalue weighted by molar-refractivity contribution is 0.0393. The van der Waals surface area contributed by atoms with Crippen molar-refractivity contribution in [1.29, 1.82) is 0 Å². The Morgan fingerprint density at radius 3 is 2.25 bits per heavy atom. The van der Waals surface area contributed by atoms with E-state index in [1.165, 1.54) is 0 Å². The molecular formula is C20H17NO3. The van der Waals surface area contributed by atoms with E-state index in [4.69, 9.17) is 4.74 Å². The molecule has 0 N–H and O–H groups in total. The number of ether oxygens (including phenoxy) is 1. The second-order valence-corrected chi connectivity index (χ2v) is 5.84. The van der Waals surface area contributed by atoms with Crippen LogP contribution < -0.4 is 0 Å². The fourth-order valence-corrected chi connectivity index (χ4v) is 2.87. The molecule has 3 rings (SSSR count). The minimum absolute atomic E-state index is 0.115. The molecule has 3 aromatic rings. The molecule has 0 aliphatic rings. The van der Waals surface area contributed by atoms with Crippen LogP contribution in [0.1, 0.15) is 37.5 Å². The van der Waals surface area contributed by atoms with Crippen molar-refractivity contribution in [3.05, 3.63) is 76.5 Å². The van der Waals surface area contributed by atoms with Gasteiger partial charge in [-0.1, -0.05) is 42.0 Å². The van der Waals surface area contributed by atoms with Gasteiger partial charge in [0.2, 0.25) is 0 Å². The zero-order chi connectivity index (χ0) is 17.3. The van der Waals surface area contributed by atoms with Gasteiger partial charge < -0.3 is 4.74 Å². The molecular weight excluding hydrogens is 302 g/mol. The van der Waals surface area contributed by atoms with Crippen LogP contribution in [0.4, 0.5) is 0 Å². The van der Waals surface area contributed by atoms with Gasteiger partial charge >= 0.3 is 11.9 Å². The van der Waals surface area contributed by atoms with E-state index in [0.717, 1.165) is 22.1 Å². The Morgan fingerprint density at radius 1 is 0.875 bits per heavy atom. The van der Waals surface area contributed by atoms with E-state index < -0.39 is 11.9 Å². The smallest absolute Gasteiger partial charge is 0.364 e. The molecule has 0 atom stereocenters. The van der Waals surface area contributed by atoms with Crippen LogP contribution in [0.2, 0.25) is 0 Å². The Balaban J connectivity index is 1.87. The number of rotatable bonds is 2. The van der Waals surface area contributed by atoms with Crippen LogP contribution in [-0.4, -0.2) is 16.9 Å². The predicted octanol–water partition coefficient (Wildman–Crippen LogP) is 4.16. The largest absolute Gasteiger partial charge is 0.385 e. The molecule has 0 spiro atoms. The van der Waals surface area contributed by atoms with Crippen LogP contribution in [-0.2, 0) is 4.74 Å². The van der Waals surface area contributed by atoms with Crippen molar-refractivity contribution in [2.45, 2.75) is 20.8 Å². The first-order chi connectivity index (χ1) is 11.5. The zero-order valence-corrected chi connectivity index (χ0v) is 13.8. The molecule has 0 aliphatic carbocycles. The summed E-state index contributed by atoms with van der Waals surface area (Å²) in [6, 6.07) is 14.6. The Bertz CT molecular complexity index is 937. The van der Waals surface area contributed by atoms with Gasteiger partial charge in [-0.3, -0.25) is 0 Å². The molecule has 24 heavy (non-hydrogen) atoms. The quantitative estimate of drug-likeness (QED) is 0.526. The van der Waals surface area contributed by atoms with Gasteiger partial charge in [-0.15, -0.1) is 0 Å². The van der Waals surface area contributed by atoms with Crippen LogP contribution in [0.5, 0.6) is 0 Å². The molecule has 0 bridgehead atoms. The fourth-order valence-electron chi connectivity index (χ4n) is 2.87. The predicted molar refractivity (Wildman–Crippen MR) is 92.1 cm³/mol. The minimum Gasteiger partial charge on any atom is -0.385 e. The highest BCUT2D eigenvalue weighted by molar-refractivity contribution is 6.03. The number of hydrogen-bond donors (Lipinski definition) is 0. The summed E-state index contributed by atoms with van der Waals surface area (Å²) in [7, 11) is 0. The number of carbonyl (C=O) groups excluding carboxylic acids is 2. The summed E-state index contributed by atoms with van der Waals surface area (Å²) >= 11 is 0. The SMILES string of the molecule is Cc1cc(C)c(C(=O)OC(=O)c2ccc3ccccc3n2)c(C)c1. The number of para-hydroxylation sites is 1. The number of nitrogens with zero attached hydrogens (tertiary/aromatic N) is 1. The van der Waals surface area contributed by atoms with Crippen LogP contribution in [0.3, 0.4) is 0 Å². The first-order valence-electron chi connectivity index (χ1n) is 7.66. The summed E-state index contributed by atoms with van der Waals surface area (Å²) in [5.41, 5.74) is 3.86. The summed E-state index contributed by atoms with van der Waals surface area (Å²) in [6.45, 7) is 5.62. The maximum atomic E-state index is 12.4. The second-order valence-electron chi connectivity index (χ2n) is 5.84. The molecule has 120 valence electrons. The van der Waals surface area contributed by atoms with Crippen molar-refractivity contribution in [2.24, 2.45) is 0 Å². The van der Waals surface area contributed by atoms with Crippen molar-refractivity contribution in [2.75, 3.05) is 0 Å². The maximum absolute atomic E-state index is 12.4. The summed E-state index contributed by atoms with van der Waals surface area (Å²) in [4.78, 5) is 28.9. The third kappa shape index (κ3) is 3.04. The molecule has 4 nitrogen and oxygen atoms in total. The van der Waals surface area contributed by atoms with Gasteiger partial charge in [-0.05, 0) is 44.0 Å². The molecule has 0 aliphatic heterocycles. The Morgan fingerprint density at radius 2 is 1.54 bits per heavy atom. The minimum atomic E-state index is -0.745. The van der Waals surface area contributed by atoms with Gasteiger partial charge in [0.15, 0.2) is 0 Å². The summed E-state index contributed by atoms with van der Waals surface area (Å²) in [5, 5.41) is 0.922. The number of aromatic nitrogens is 1. The van der Waals surface area contributed by atoms with Crippen molar-refractivity contribution < 1.29 is 14.3 Å². The summed E-state index contributed by atoms with van der Waals surface area (Å²) in [6.07, 6.45) is 0. The first-order valence-corrected chi connectivity index (χ1v) is 7.66. The average molecular weight is 319 g/mol. The van der Waals surface area contributed by atoms with Crippen LogP contribution in [0.25, 0.3) is 10.9 Å². The van der Waals surface area contributed by atoms with Gasteiger partial charge in [0.1, 0.15) is 5.69 Å². The Labute approximate surface area is 140 Å². The molecule has 1 heterocycles. The lowest BCUT2D eigenvalue weighted by atomic mass is 10.00. The monoisotopic (exact) mass is 319 g/mol. The first kappa shape index (κ1) is 15.9. The van der Waals surface area contributed by atoms with E-state index in [0.29, 0.717) is 11.1 Å². The highest BCUT2D eigenvalue weighted by Gasteiger charge is 2.20. The fraction of sp³-hybridized carbons (Fsp3) is 0.150. The molecule has 2 aromatic carbocycles. The maximum Gasteiger partial charge on any atom is 0.364 e. The number of pyridine rings is 1. The van der Waals surface area contributed by atoms with Crippen LogP contribution in [0.15, 0.2) is 48.5 Å². The molecule has 0 radical (unpaired) electrons. The van der Waals surface area contributed by atoms with Crippen molar-refractivity contribution in [1.82, 2.24) is 4.98 Å². The third-order valence-corrected chi connectivity index (χ3v) is 3.87. The number of esters is 2. The van der Waals surface area contributed by atoms with E-state index in [9.17, 15) is 9.59 Å². The molecule has 0 saturated heterocycles. The highest BCUT2D eigenvalue weighted by Crippen LogP contribution is 2.18. The van der Waals surface area contributed by atoms with Gasteiger partial charge in [-0.25, -0.2) is 14.6 Å². The average Bonchev–Trinajstić information content (AvgIpc) is 2.53. The van der Waals surface area contributed by atoms with E-state index in [1.807, 2.05) is 57.2 Å². The highest BCUT2D eigenvalue weighted by atomic mass is 16.6. The van der Waals surface area contributed by atoms with E-state index in [2.05, 4.69) is 4.98 Å².